The standard InChI is InChI=1S/C19H28N6.HI/c1-3-20-18(21-13-17-24-23-15-25(17)2)22-14-19(11-7-8-12-19)16-9-5-4-6-10-16;/h4-6,9-10,15H,3,7-8,11-14H2,1-2H3,(H2,20,21,22);1H. The van der Waals surface area contributed by atoms with Crippen molar-refractivity contribution in [2.24, 2.45) is 12.0 Å². The van der Waals surface area contributed by atoms with Crippen molar-refractivity contribution < 1.29 is 0 Å². The first-order valence-corrected chi connectivity index (χ1v) is 9.14. The molecular weight excluding hydrogens is 439 g/mol. The van der Waals surface area contributed by atoms with Gasteiger partial charge in [-0.05, 0) is 25.3 Å². The van der Waals surface area contributed by atoms with E-state index in [-0.39, 0.29) is 29.4 Å². The van der Waals surface area contributed by atoms with Gasteiger partial charge in [-0.1, -0.05) is 43.2 Å². The van der Waals surface area contributed by atoms with Gasteiger partial charge in [0.15, 0.2) is 11.8 Å². The number of nitrogens with zero attached hydrogens (tertiary/aromatic N) is 4. The molecule has 1 heterocycles. The van der Waals surface area contributed by atoms with Gasteiger partial charge >= 0.3 is 0 Å². The first kappa shape index (κ1) is 20.7. The molecule has 26 heavy (non-hydrogen) atoms. The molecule has 3 rings (SSSR count). The molecule has 2 aromatic rings. The van der Waals surface area contributed by atoms with Gasteiger partial charge < -0.3 is 15.2 Å². The summed E-state index contributed by atoms with van der Waals surface area (Å²) in [5.41, 5.74) is 1.64. The largest absolute Gasteiger partial charge is 0.357 e. The van der Waals surface area contributed by atoms with E-state index in [9.17, 15) is 0 Å². The van der Waals surface area contributed by atoms with E-state index in [1.807, 2.05) is 11.6 Å². The Morgan fingerprint density at radius 2 is 1.92 bits per heavy atom. The molecule has 0 saturated heterocycles. The van der Waals surface area contributed by atoms with Crippen LogP contribution >= 0.6 is 24.0 Å². The molecule has 2 N–H and O–H groups in total. The molecule has 1 fully saturated rings. The SMILES string of the molecule is CCNC(=NCc1nncn1C)NCC1(c2ccccc2)CCCC1.I. The lowest BCUT2D eigenvalue weighted by molar-refractivity contribution is 0.431. The summed E-state index contributed by atoms with van der Waals surface area (Å²) >= 11 is 0. The monoisotopic (exact) mass is 468 g/mol. The van der Waals surface area contributed by atoms with Crippen molar-refractivity contribution in [1.82, 2.24) is 25.4 Å². The van der Waals surface area contributed by atoms with E-state index in [1.54, 1.807) is 6.33 Å². The Labute approximate surface area is 172 Å². The minimum atomic E-state index is 0. The molecular formula is C19H29IN6. The van der Waals surface area contributed by atoms with Crippen molar-refractivity contribution in [3.63, 3.8) is 0 Å². The van der Waals surface area contributed by atoms with Crippen LogP contribution in [-0.4, -0.2) is 33.8 Å². The Balaban J connectivity index is 0.00000243. The molecule has 1 aliphatic carbocycles. The van der Waals surface area contributed by atoms with Gasteiger partial charge in [0.1, 0.15) is 12.9 Å². The van der Waals surface area contributed by atoms with Crippen LogP contribution < -0.4 is 10.6 Å². The van der Waals surface area contributed by atoms with E-state index in [2.05, 4.69) is 63.1 Å². The van der Waals surface area contributed by atoms with Crippen LogP contribution in [0.4, 0.5) is 0 Å². The van der Waals surface area contributed by atoms with E-state index >= 15 is 0 Å². The predicted octanol–water partition coefficient (Wildman–Crippen LogP) is 3.00. The summed E-state index contributed by atoms with van der Waals surface area (Å²) in [6, 6.07) is 10.9. The molecule has 1 aromatic heterocycles. The molecule has 1 aliphatic rings. The van der Waals surface area contributed by atoms with Crippen LogP contribution in [0.2, 0.25) is 0 Å². The van der Waals surface area contributed by atoms with Crippen LogP contribution in [0.5, 0.6) is 0 Å². The van der Waals surface area contributed by atoms with Crippen molar-refractivity contribution in [1.29, 1.82) is 0 Å². The second kappa shape index (κ2) is 9.89. The van der Waals surface area contributed by atoms with Gasteiger partial charge in [0.05, 0.1) is 0 Å². The van der Waals surface area contributed by atoms with Crippen molar-refractivity contribution in [3.05, 3.63) is 48.0 Å². The number of rotatable bonds is 6. The molecule has 1 aromatic carbocycles. The minimum Gasteiger partial charge on any atom is -0.357 e. The lowest BCUT2D eigenvalue weighted by Gasteiger charge is -2.30. The Bertz CT molecular complexity index is 691. The number of aryl methyl sites for hydroxylation is 1. The highest BCUT2D eigenvalue weighted by molar-refractivity contribution is 14.0. The van der Waals surface area contributed by atoms with Crippen LogP contribution in [0.3, 0.4) is 0 Å². The van der Waals surface area contributed by atoms with Crippen LogP contribution in [0.25, 0.3) is 0 Å². The first-order valence-electron chi connectivity index (χ1n) is 9.14. The van der Waals surface area contributed by atoms with E-state index < -0.39 is 0 Å². The zero-order valence-corrected chi connectivity index (χ0v) is 17.9. The number of hydrogen-bond donors (Lipinski definition) is 2. The summed E-state index contributed by atoms with van der Waals surface area (Å²) < 4.78 is 1.90. The van der Waals surface area contributed by atoms with Gasteiger partial charge in [-0.2, -0.15) is 0 Å². The maximum Gasteiger partial charge on any atom is 0.191 e. The summed E-state index contributed by atoms with van der Waals surface area (Å²) in [6.07, 6.45) is 6.75. The quantitative estimate of drug-likeness (QED) is 0.389. The Kier molecular flexibility index (Phi) is 7.86. The lowest BCUT2D eigenvalue weighted by Crippen LogP contribution is -2.44. The van der Waals surface area contributed by atoms with Gasteiger partial charge in [-0.15, -0.1) is 34.2 Å². The van der Waals surface area contributed by atoms with Crippen LogP contribution in [0.1, 0.15) is 44.0 Å². The van der Waals surface area contributed by atoms with E-state index in [1.165, 1.54) is 31.2 Å². The summed E-state index contributed by atoms with van der Waals surface area (Å²) in [5.74, 6) is 1.70. The van der Waals surface area contributed by atoms with E-state index in [0.29, 0.717) is 6.54 Å². The van der Waals surface area contributed by atoms with Gasteiger partial charge in [-0.25, -0.2) is 4.99 Å². The molecule has 0 aliphatic heterocycles. The maximum absolute atomic E-state index is 4.67. The van der Waals surface area contributed by atoms with Crippen molar-refractivity contribution in [2.75, 3.05) is 13.1 Å². The van der Waals surface area contributed by atoms with Crippen molar-refractivity contribution in [2.45, 2.75) is 44.6 Å². The number of guanidine groups is 1. The molecule has 0 unspecified atom stereocenters. The minimum absolute atomic E-state index is 0. The van der Waals surface area contributed by atoms with Crippen LogP contribution in [-0.2, 0) is 19.0 Å². The topological polar surface area (TPSA) is 67.1 Å². The zero-order chi connectivity index (χ0) is 17.5. The molecule has 7 heteroatoms. The molecule has 142 valence electrons. The average molecular weight is 468 g/mol. The molecule has 0 spiro atoms. The number of halogens is 1. The molecule has 0 radical (unpaired) electrons. The second-order valence-electron chi connectivity index (χ2n) is 6.76. The van der Waals surface area contributed by atoms with E-state index in [0.717, 1.165) is 24.9 Å². The van der Waals surface area contributed by atoms with Crippen molar-refractivity contribution >= 4 is 29.9 Å². The van der Waals surface area contributed by atoms with Gasteiger partial charge in [0.25, 0.3) is 0 Å². The normalized spacial score (nSPS) is 16.2. The fraction of sp³-hybridized carbons (Fsp3) is 0.526. The number of hydrogen-bond acceptors (Lipinski definition) is 3. The molecule has 0 amide bonds. The van der Waals surface area contributed by atoms with E-state index in [4.69, 9.17) is 0 Å². The maximum atomic E-state index is 4.67. The summed E-state index contributed by atoms with van der Waals surface area (Å²) in [5, 5.41) is 14.9. The van der Waals surface area contributed by atoms with Crippen LogP contribution in [0.15, 0.2) is 41.7 Å². The first-order chi connectivity index (χ1) is 12.2. The van der Waals surface area contributed by atoms with Gasteiger partial charge in [0, 0.05) is 25.6 Å². The molecule has 1 saturated carbocycles. The van der Waals surface area contributed by atoms with Crippen LogP contribution in [0, 0.1) is 0 Å². The molecule has 6 nitrogen and oxygen atoms in total. The number of aromatic nitrogens is 3. The highest BCUT2D eigenvalue weighted by atomic mass is 127. The smallest absolute Gasteiger partial charge is 0.191 e. The number of nitrogens with one attached hydrogen (secondary N) is 2. The number of benzene rings is 1. The average Bonchev–Trinajstić information content (AvgIpc) is 3.28. The van der Waals surface area contributed by atoms with Gasteiger partial charge in [-0.3, -0.25) is 0 Å². The highest BCUT2D eigenvalue weighted by Crippen LogP contribution is 2.40. The lowest BCUT2D eigenvalue weighted by atomic mass is 9.79. The Morgan fingerprint density at radius 1 is 1.19 bits per heavy atom. The predicted molar refractivity (Wildman–Crippen MR) is 116 cm³/mol. The third-order valence-corrected chi connectivity index (χ3v) is 5.07. The summed E-state index contributed by atoms with van der Waals surface area (Å²) in [6.45, 7) is 4.34. The number of aliphatic imine (C=N–C) groups is 1. The fourth-order valence-electron chi connectivity index (χ4n) is 3.61. The molecule has 0 bridgehead atoms. The summed E-state index contributed by atoms with van der Waals surface area (Å²) in [4.78, 5) is 4.67. The Morgan fingerprint density at radius 3 is 2.54 bits per heavy atom. The van der Waals surface area contributed by atoms with Crippen molar-refractivity contribution in [3.8, 4) is 0 Å². The van der Waals surface area contributed by atoms with Gasteiger partial charge in [0.2, 0.25) is 0 Å². The highest BCUT2D eigenvalue weighted by Gasteiger charge is 2.35. The fourth-order valence-corrected chi connectivity index (χ4v) is 3.61. The third-order valence-electron chi connectivity index (χ3n) is 5.07. The molecule has 0 atom stereocenters. The summed E-state index contributed by atoms with van der Waals surface area (Å²) in [7, 11) is 1.94. The zero-order valence-electron chi connectivity index (χ0n) is 15.6. The second-order valence-corrected chi connectivity index (χ2v) is 6.76. The Hall–Kier alpha value is -1.64. The third kappa shape index (κ3) is 4.96.